The number of nitrogens with zero attached hydrogens (tertiary/aromatic N) is 2. The minimum absolute atomic E-state index is 0.902. The van der Waals surface area contributed by atoms with Crippen LogP contribution in [0.3, 0.4) is 0 Å². The summed E-state index contributed by atoms with van der Waals surface area (Å²) in [4.78, 5) is 2.35. The maximum absolute atomic E-state index is 6.45. The Labute approximate surface area is 388 Å². The molecule has 11 aromatic carbocycles. The van der Waals surface area contributed by atoms with Gasteiger partial charge in [0.15, 0.2) is 0 Å². The largest absolute Gasteiger partial charge is 0.455 e. The first-order valence-electron chi connectivity index (χ1n) is 22.9. The molecule has 0 aliphatic heterocycles. The van der Waals surface area contributed by atoms with Crippen LogP contribution in [0.15, 0.2) is 259 Å². The summed E-state index contributed by atoms with van der Waals surface area (Å²) in [5.41, 5.74) is 17.9. The van der Waals surface area contributed by atoms with Crippen molar-refractivity contribution in [1.82, 2.24) is 4.57 Å². The Morgan fingerprint density at radius 3 is 1.57 bits per heavy atom. The lowest BCUT2D eigenvalue weighted by Gasteiger charge is -2.26. The van der Waals surface area contributed by atoms with Crippen LogP contribution in [0.2, 0.25) is 0 Å². The third-order valence-corrected chi connectivity index (χ3v) is 13.4. The van der Waals surface area contributed by atoms with E-state index >= 15 is 0 Å². The maximum Gasteiger partial charge on any atom is 0.143 e. The van der Waals surface area contributed by atoms with Crippen LogP contribution in [0.4, 0.5) is 17.1 Å². The van der Waals surface area contributed by atoms with Gasteiger partial charge >= 0.3 is 0 Å². The van der Waals surface area contributed by atoms with Gasteiger partial charge in [-0.3, -0.25) is 0 Å². The van der Waals surface area contributed by atoms with Gasteiger partial charge in [-0.05, 0) is 135 Å². The van der Waals surface area contributed by atoms with Crippen LogP contribution in [0.25, 0.3) is 105 Å². The number of para-hydroxylation sites is 4. The fraction of sp³-hybridized carbons (Fsp3) is 0. The van der Waals surface area contributed by atoms with Gasteiger partial charge in [-0.25, -0.2) is 0 Å². The smallest absolute Gasteiger partial charge is 0.143 e. The van der Waals surface area contributed by atoms with E-state index in [0.717, 1.165) is 61.4 Å². The highest BCUT2D eigenvalue weighted by Crippen LogP contribution is 2.41. The average molecular weight is 855 g/mol. The van der Waals surface area contributed by atoms with E-state index in [4.69, 9.17) is 4.42 Å². The highest BCUT2D eigenvalue weighted by molar-refractivity contribution is 6.11. The summed E-state index contributed by atoms with van der Waals surface area (Å²) >= 11 is 0. The molecule has 0 spiro atoms. The molecule has 0 unspecified atom stereocenters. The molecule has 13 rings (SSSR count). The molecule has 0 N–H and O–H groups in total. The second-order valence-corrected chi connectivity index (χ2v) is 17.3. The van der Waals surface area contributed by atoms with Gasteiger partial charge < -0.3 is 13.9 Å². The number of hydrogen-bond acceptors (Lipinski definition) is 2. The summed E-state index contributed by atoms with van der Waals surface area (Å²) in [5.74, 6) is 0. The number of aromatic nitrogens is 1. The third kappa shape index (κ3) is 6.76. The molecular formula is C64H42N2O. The fourth-order valence-corrected chi connectivity index (χ4v) is 10.1. The Morgan fingerprint density at radius 2 is 0.821 bits per heavy atom. The topological polar surface area (TPSA) is 21.3 Å². The van der Waals surface area contributed by atoms with Gasteiger partial charge in [0.05, 0.1) is 11.0 Å². The zero-order valence-corrected chi connectivity index (χ0v) is 36.6. The SMILES string of the molecule is c1ccc(-n2c3ccccc3c3cc(-c4ccc(N(c5ccc(-c6cccc(-c7ccc8ccccc8c7)c6)cc5)c5ccc(-c6cccc7c6oc6ccccc67)cc5)cc4)ccc32)cc1. The van der Waals surface area contributed by atoms with E-state index in [0.29, 0.717) is 0 Å². The Bertz CT molecular complexity index is 3950. The minimum atomic E-state index is 0.902. The van der Waals surface area contributed by atoms with Gasteiger partial charge in [-0.15, -0.1) is 0 Å². The molecule has 314 valence electrons. The van der Waals surface area contributed by atoms with E-state index in [1.165, 1.54) is 60.4 Å². The van der Waals surface area contributed by atoms with Crippen molar-refractivity contribution in [2.75, 3.05) is 4.90 Å². The molecule has 0 fully saturated rings. The summed E-state index contributed by atoms with van der Waals surface area (Å²) in [7, 11) is 0. The van der Waals surface area contributed by atoms with Crippen molar-refractivity contribution in [2.45, 2.75) is 0 Å². The molecule has 0 bridgehead atoms. The lowest BCUT2D eigenvalue weighted by Crippen LogP contribution is -2.09. The van der Waals surface area contributed by atoms with E-state index < -0.39 is 0 Å². The van der Waals surface area contributed by atoms with Gasteiger partial charge in [-0.1, -0.05) is 170 Å². The number of benzene rings is 11. The normalized spacial score (nSPS) is 11.6. The van der Waals surface area contributed by atoms with Crippen molar-refractivity contribution in [1.29, 1.82) is 0 Å². The first-order valence-corrected chi connectivity index (χ1v) is 22.9. The molecule has 13 aromatic rings. The van der Waals surface area contributed by atoms with Gasteiger partial charge in [0.25, 0.3) is 0 Å². The number of rotatable bonds is 8. The number of furan rings is 1. The van der Waals surface area contributed by atoms with E-state index in [1.807, 2.05) is 12.1 Å². The van der Waals surface area contributed by atoms with Crippen molar-refractivity contribution in [3.05, 3.63) is 255 Å². The van der Waals surface area contributed by atoms with Crippen molar-refractivity contribution in [2.24, 2.45) is 0 Å². The van der Waals surface area contributed by atoms with E-state index in [1.54, 1.807) is 0 Å². The Balaban J connectivity index is 0.874. The first-order chi connectivity index (χ1) is 33.2. The quantitative estimate of drug-likeness (QED) is 0.152. The van der Waals surface area contributed by atoms with E-state index in [-0.39, 0.29) is 0 Å². The van der Waals surface area contributed by atoms with Crippen LogP contribution in [0.1, 0.15) is 0 Å². The summed E-state index contributed by atoms with van der Waals surface area (Å²) in [6.07, 6.45) is 0. The highest BCUT2D eigenvalue weighted by atomic mass is 16.3. The number of hydrogen-bond donors (Lipinski definition) is 0. The van der Waals surface area contributed by atoms with Crippen LogP contribution >= 0.6 is 0 Å². The summed E-state index contributed by atoms with van der Waals surface area (Å²) < 4.78 is 8.82. The lowest BCUT2D eigenvalue weighted by atomic mass is 9.97. The van der Waals surface area contributed by atoms with Crippen molar-refractivity contribution in [3.63, 3.8) is 0 Å². The zero-order valence-electron chi connectivity index (χ0n) is 36.6. The molecule has 3 heteroatoms. The molecule has 0 aliphatic rings. The van der Waals surface area contributed by atoms with Crippen molar-refractivity contribution < 1.29 is 4.42 Å². The molecule has 3 nitrogen and oxygen atoms in total. The predicted octanol–water partition coefficient (Wildman–Crippen LogP) is 18.0. The molecule has 0 amide bonds. The Morgan fingerprint density at radius 1 is 0.299 bits per heavy atom. The zero-order chi connectivity index (χ0) is 44.3. The van der Waals surface area contributed by atoms with E-state index in [9.17, 15) is 0 Å². The standard InChI is InChI=1S/C64H42N2O/c1-2-16-52(17-3-1)66-61-22-8-6-18-57(61)60-42-51(32-39-62(60)66)45-28-35-54(36-29-45)65(55-37-30-46(31-38-55)56-20-11-21-59-58-19-7-9-23-63(58)67-64(56)59)53-33-26-44(27-34-53)48-14-10-15-49(40-48)50-25-24-43-12-4-5-13-47(43)41-50/h1-42H. The number of fused-ring (bicyclic) bond motifs is 7. The summed E-state index contributed by atoms with van der Waals surface area (Å²) in [5, 5.41) is 7.24. The molecular weight excluding hydrogens is 813 g/mol. The molecule has 0 atom stereocenters. The summed E-state index contributed by atoms with van der Waals surface area (Å²) in [6.45, 7) is 0. The van der Waals surface area contributed by atoms with Crippen LogP contribution in [-0.4, -0.2) is 4.57 Å². The Kier molecular flexibility index (Phi) is 9.17. The summed E-state index contributed by atoms with van der Waals surface area (Å²) in [6, 6.07) is 91.9. The molecule has 2 aromatic heterocycles. The molecule has 0 saturated heterocycles. The highest BCUT2D eigenvalue weighted by Gasteiger charge is 2.18. The van der Waals surface area contributed by atoms with Gasteiger partial charge in [0.1, 0.15) is 11.2 Å². The predicted molar refractivity (Wildman–Crippen MR) is 282 cm³/mol. The van der Waals surface area contributed by atoms with E-state index in [2.05, 4.69) is 252 Å². The first kappa shape index (κ1) is 38.5. The second-order valence-electron chi connectivity index (χ2n) is 17.3. The van der Waals surface area contributed by atoms with Gasteiger partial charge in [-0.2, -0.15) is 0 Å². The molecule has 0 radical (unpaired) electrons. The lowest BCUT2D eigenvalue weighted by molar-refractivity contribution is 0.670. The van der Waals surface area contributed by atoms with Crippen LogP contribution in [0.5, 0.6) is 0 Å². The maximum atomic E-state index is 6.45. The third-order valence-electron chi connectivity index (χ3n) is 13.4. The average Bonchev–Trinajstić information content (AvgIpc) is 3.95. The minimum Gasteiger partial charge on any atom is -0.455 e. The van der Waals surface area contributed by atoms with Crippen LogP contribution in [-0.2, 0) is 0 Å². The van der Waals surface area contributed by atoms with Crippen molar-refractivity contribution in [3.8, 4) is 50.2 Å². The molecule has 0 saturated carbocycles. The van der Waals surface area contributed by atoms with Gasteiger partial charge in [0, 0.05) is 49.9 Å². The Hall–Kier alpha value is -8.92. The van der Waals surface area contributed by atoms with Crippen LogP contribution in [0, 0.1) is 0 Å². The molecule has 0 aliphatic carbocycles. The molecule has 67 heavy (non-hydrogen) atoms. The molecule has 2 heterocycles. The second kappa shape index (κ2) is 16.0. The van der Waals surface area contributed by atoms with Gasteiger partial charge in [0.2, 0.25) is 0 Å². The van der Waals surface area contributed by atoms with Crippen LogP contribution < -0.4 is 4.90 Å². The number of anilines is 3. The fourth-order valence-electron chi connectivity index (χ4n) is 10.1. The monoisotopic (exact) mass is 854 g/mol. The van der Waals surface area contributed by atoms with Crippen molar-refractivity contribution >= 4 is 71.6 Å².